The molecule has 2 amide bonds. The fraction of sp³-hybridized carbons (Fsp3) is 0.857. The number of thioether (sulfide) groups is 1. The molecule has 3 unspecified atom stereocenters. The highest BCUT2D eigenvalue weighted by molar-refractivity contribution is 8.00. The zero-order valence-electron chi connectivity index (χ0n) is 13.2. The van der Waals surface area contributed by atoms with Crippen molar-refractivity contribution in [1.29, 1.82) is 0 Å². The zero-order chi connectivity index (χ0) is 16.0. The fourth-order valence-electron chi connectivity index (χ4n) is 2.59. The predicted octanol–water partition coefficient (Wildman–Crippen LogP) is 2.09. The standard InChI is InChI=1S/C14H26N2O4S/c1-5-7-12-16(11(9-21-12)13(17)18)14(19)15(6-2)10(3)8-20-4/h10-12H,5-9H2,1-4H3,(H,17,18). The van der Waals surface area contributed by atoms with Crippen molar-refractivity contribution in [3.63, 3.8) is 0 Å². The molecule has 21 heavy (non-hydrogen) atoms. The van der Waals surface area contributed by atoms with Crippen molar-refractivity contribution in [3.8, 4) is 0 Å². The summed E-state index contributed by atoms with van der Waals surface area (Å²) in [5.74, 6) is -0.466. The number of amides is 2. The number of carbonyl (C=O) groups excluding carboxylic acids is 1. The van der Waals surface area contributed by atoms with Crippen molar-refractivity contribution in [2.45, 2.75) is 51.1 Å². The second kappa shape index (κ2) is 8.48. The molecule has 0 aromatic heterocycles. The number of methoxy groups -OCH3 is 1. The Hall–Kier alpha value is -0.950. The van der Waals surface area contributed by atoms with Crippen LogP contribution in [0.25, 0.3) is 0 Å². The SMILES string of the molecule is CCCC1SCC(C(=O)O)N1C(=O)N(CC)C(C)COC. The number of carboxylic acids is 1. The van der Waals surface area contributed by atoms with Gasteiger partial charge in [-0.3, -0.25) is 4.90 Å². The van der Waals surface area contributed by atoms with Crippen molar-refractivity contribution in [1.82, 2.24) is 9.80 Å². The van der Waals surface area contributed by atoms with Gasteiger partial charge in [-0.2, -0.15) is 0 Å². The highest BCUT2D eigenvalue weighted by Gasteiger charge is 2.43. The zero-order valence-corrected chi connectivity index (χ0v) is 14.1. The Morgan fingerprint density at radius 2 is 2.14 bits per heavy atom. The molecule has 1 aliphatic heterocycles. The van der Waals surface area contributed by atoms with Crippen molar-refractivity contribution >= 4 is 23.8 Å². The van der Waals surface area contributed by atoms with Crippen LogP contribution in [0.5, 0.6) is 0 Å². The summed E-state index contributed by atoms with van der Waals surface area (Å²) in [4.78, 5) is 27.5. The lowest BCUT2D eigenvalue weighted by molar-refractivity contribution is -0.141. The molecule has 1 heterocycles. The number of carboxylic acid groups (broad SMARTS) is 1. The number of aliphatic carboxylic acids is 1. The number of hydrogen-bond acceptors (Lipinski definition) is 4. The van der Waals surface area contributed by atoms with Crippen LogP contribution >= 0.6 is 11.8 Å². The monoisotopic (exact) mass is 318 g/mol. The van der Waals surface area contributed by atoms with Crippen LogP contribution in [-0.4, -0.2) is 70.4 Å². The largest absolute Gasteiger partial charge is 0.480 e. The Morgan fingerprint density at radius 3 is 2.62 bits per heavy atom. The van der Waals surface area contributed by atoms with Gasteiger partial charge in [-0.05, 0) is 20.3 Å². The molecule has 0 bridgehead atoms. The number of urea groups is 1. The molecule has 1 aliphatic rings. The van der Waals surface area contributed by atoms with Crippen molar-refractivity contribution < 1.29 is 19.4 Å². The van der Waals surface area contributed by atoms with E-state index in [1.165, 1.54) is 0 Å². The molecule has 1 saturated heterocycles. The van der Waals surface area contributed by atoms with E-state index in [0.29, 0.717) is 18.9 Å². The molecule has 0 aliphatic carbocycles. The first-order chi connectivity index (χ1) is 9.97. The molecule has 0 aromatic rings. The third-order valence-corrected chi connectivity index (χ3v) is 5.02. The third kappa shape index (κ3) is 4.26. The molecule has 3 atom stereocenters. The Labute approximate surface area is 130 Å². The van der Waals surface area contributed by atoms with Gasteiger partial charge in [-0.25, -0.2) is 9.59 Å². The van der Waals surface area contributed by atoms with Crippen LogP contribution < -0.4 is 0 Å². The number of nitrogens with zero attached hydrogens (tertiary/aromatic N) is 2. The van der Waals surface area contributed by atoms with E-state index < -0.39 is 12.0 Å². The van der Waals surface area contributed by atoms with E-state index in [2.05, 4.69) is 0 Å². The van der Waals surface area contributed by atoms with E-state index in [1.807, 2.05) is 20.8 Å². The maximum Gasteiger partial charge on any atom is 0.327 e. The van der Waals surface area contributed by atoms with Crippen molar-refractivity contribution in [2.24, 2.45) is 0 Å². The summed E-state index contributed by atoms with van der Waals surface area (Å²) in [7, 11) is 1.60. The second-order valence-electron chi connectivity index (χ2n) is 5.21. The van der Waals surface area contributed by atoms with Crippen LogP contribution in [0.3, 0.4) is 0 Å². The van der Waals surface area contributed by atoms with Crippen LogP contribution in [0, 0.1) is 0 Å². The van der Waals surface area contributed by atoms with Gasteiger partial charge in [-0.1, -0.05) is 13.3 Å². The average molecular weight is 318 g/mol. The van der Waals surface area contributed by atoms with Crippen molar-refractivity contribution in [3.05, 3.63) is 0 Å². The van der Waals surface area contributed by atoms with Crippen LogP contribution in [0.2, 0.25) is 0 Å². The number of rotatable bonds is 7. The van der Waals surface area contributed by atoms with Gasteiger partial charge in [0.25, 0.3) is 0 Å². The summed E-state index contributed by atoms with van der Waals surface area (Å²) >= 11 is 1.56. The molecular formula is C14H26N2O4S. The molecule has 1 fully saturated rings. The minimum atomic E-state index is -0.926. The molecule has 0 spiro atoms. The first-order valence-electron chi connectivity index (χ1n) is 7.40. The van der Waals surface area contributed by atoms with Crippen LogP contribution in [0.15, 0.2) is 0 Å². The van der Waals surface area contributed by atoms with Crippen LogP contribution in [-0.2, 0) is 9.53 Å². The molecule has 1 rings (SSSR count). The van der Waals surface area contributed by atoms with Gasteiger partial charge >= 0.3 is 12.0 Å². The highest BCUT2D eigenvalue weighted by Crippen LogP contribution is 2.33. The van der Waals surface area contributed by atoms with E-state index in [-0.39, 0.29) is 17.4 Å². The minimum Gasteiger partial charge on any atom is -0.480 e. The Bertz CT molecular complexity index is 367. The quantitative estimate of drug-likeness (QED) is 0.778. The van der Waals surface area contributed by atoms with E-state index >= 15 is 0 Å². The minimum absolute atomic E-state index is 0.0487. The van der Waals surface area contributed by atoms with Gasteiger partial charge in [-0.15, -0.1) is 11.8 Å². The summed E-state index contributed by atoms with van der Waals surface area (Å²) < 4.78 is 5.11. The average Bonchev–Trinajstić information content (AvgIpc) is 2.84. The molecule has 7 heteroatoms. The molecule has 6 nitrogen and oxygen atoms in total. The number of hydrogen-bond donors (Lipinski definition) is 1. The Kier molecular flexibility index (Phi) is 7.31. The van der Waals surface area contributed by atoms with Crippen LogP contribution in [0.4, 0.5) is 4.79 Å². The summed E-state index contributed by atoms with van der Waals surface area (Å²) in [5, 5.41) is 9.32. The molecule has 1 N–H and O–H groups in total. The van der Waals surface area contributed by atoms with Gasteiger partial charge < -0.3 is 14.7 Å². The first-order valence-corrected chi connectivity index (χ1v) is 8.44. The Morgan fingerprint density at radius 1 is 1.48 bits per heavy atom. The highest BCUT2D eigenvalue weighted by atomic mass is 32.2. The van der Waals surface area contributed by atoms with E-state index in [1.54, 1.807) is 28.7 Å². The van der Waals surface area contributed by atoms with E-state index in [9.17, 15) is 14.7 Å². The van der Waals surface area contributed by atoms with E-state index in [4.69, 9.17) is 4.74 Å². The smallest absolute Gasteiger partial charge is 0.327 e. The molecule has 0 aromatic carbocycles. The number of carbonyl (C=O) groups is 2. The topological polar surface area (TPSA) is 70.1 Å². The van der Waals surface area contributed by atoms with Gasteiger partial charge in [0, 0.05) is 19.4 Å². The summed E-state index contributed by atoms with van der Waals surface area (Å²) in [6.45, 7) is 6.84. The fourth-order valence-corrected chi connectivity index (χ4v) is 4.10. The van der Waals surface area contributed by atoms with Gasteiger partial charge in [0.1, 0.15) is 6.04 Å². The van der Waals surface area contributed by atoms with Crippen molar-refractivity contribution in [2.75, 3.05) is 26.0 Å². The lowest BCUT2D eigenvalue weighted by Crippen LogP contribution is -2.54. The van der Waals surface area contributed by atoms with Gasteiger partial charge in [0.05, 0.1) is 18.0 Å². The summed E-state index contributed by atoms with van der Waals surface area (Å²) in [6, 6.07) is -1.00. The molecule has 0 saturated carbocycles. The predicted molar refractivity (Wildman–Crippen MR) is 83.5 cm³/mol. The number of ether oxygens (including phenoxy) is 1. The van der Waals surface area contributed by atoms with E-state index in [0.717, 1.165) is 12.8 Å². The Balaban J connectivity index is 2.93. The molecule has 0 radical (unpaired) electrons. The molecular weight excluding hydrogens is 292 g/mol. The second-order valence-corrected chi connectivity index (χ2v) is 6.42. The number of likely N-dealkylation sites (N-methyl/N-ethyl adjacent to an activating group) is 1. The lowest BCUT2D eigenvalue weighted by atomic mass is 10.2. The normalized spacial score (nSPS) is 23.1. The summed E-state index contributed by atoms with van der Waals surface area (Å²) in [5.41, 5.74) is 0. The van der Waals surface area contributed by atoms with Gasteiger partial charge in [0.2, 0.25) is 0 Å². The first kappa shape index (κ1) is 18.1. The van der Waals surface area contributed by atoms with Crippen LogP contribution in [0.1, 0.15) is 33.6 Å². The maximum atomic E-state index is 12.8. The third-order valence-electron chi connectivity index (χ3n) is 3.66. The summed E-state index contributed by atoms with van der Waals surface area (Å²) in [6.07, 6.45) is 1.74. The lowest BCUT2D eigenvalue weighted by Gasteiger charge is -2.35. The maximum absolute atomic E-state index is 12.8. The van der Waals surface area contributed by atoms with Gasteiger partial charge in [0.15, 0.2) is 0 Å². The molecule has 122 valence electrons.